The zero-order chi connectivity index (χ0) is 24.0. The molecule has 7 heteroatoms. The van der Waals surface area contributed by atoms with Gasteiger partial charge >= 0.3 is 5.69 Å². The SMILES string of the molecule is Cc1ccc([C@@H](C)NS(=O)C(C)(C)C)cc1-c1ccc2c(n1)n(C)c(=O)n2CC(C)(C)C. The molecule has 0 fully saturated rings. The van der Waals surface area contributed by atoms with E-state index < -0.39 is 11.0 Å². The minimum absolute atomic E-state index is 0.0159. The fraction of sp³-hybridized carbons (Fsp3) is 0.520. The van der Waals surface area contributed by atoms with Crippen LogP contribution in [0.5, 0.6) is 0 Å². The van der Waals surface area contributed by atoms with Crippen molar-refractivity contribution in [1.82, 2.24) is 18.8 Å². The summed E-state index contributed by atoms with van der Waals surface area (Å²) in [5, 5.41) is 0. The van der Waals surface area contributed by atoms with Gasteiger partial charge in [-0.3, -0.25) is 9.13 Å². The van der Waals surface area contributed by atoms with Crippen LogP contribution >= 0.6 is 0 Å². The Labute approximate surface area is 193 Å². The third-order valence-electron chi connectivity index (χ3n) is 5.49. The molecular formula is C25H36N4O2S. The Balaban J connectivity index is 2.04. The Kier molecular flexibility index (Phi) is 6.55. The van der Waals surface area contributed by atoms with Crippen molar-refractivity contribution in [3.8, 4) is 11.3 Å². The average molecular weight is 457 g/mol. The Morgan fingerprint density at radius 2 is 1.75 bits per heavy atom. The van der Waals surface area contributed by atoms with Crippen LogP contribution in [0.25, 0.3) is 22.4 Å². The molecule has 174 valence electrons. The van der Waals surface area contributed by atoms with Crippen LogP contribution in [-0.2, 0) is 24.6 Å². The number of imidazole rings is 1. The number of nitrogens with one attached hydrogen (secondary N) is 1. The van der Waals surface area contributed by atoms with Crippen molar-refractivity contribution in [2.75, 3.05) is 0 Å². The van der Waals surface area contributed by atoms with E-state index in [2.05, 4.69) is 50.6 Å². The van der Waals surface area contributed by atoms with Crippen LogP contribution < -0.4 is 10.4 Å². The van der Waals surface area contributed by atoms with Crippen molar-refractivity contribution in [3.63, 3.8) is 0 Å². The van der Waals surface area contributed by atoms with Gasteiger partial charge in [0.15, 0.2) is 5.65 Å². The molecule has 0 aliphatic carbocycles. The van der Waals surface area contributed by atoms with Gasteiger partial charge in [-0.05, 0) is 69.4 Å². The van der Waals surface area contributed by atoms with E-state index in [0.717, 1.165) is 27.9 Å². The highest BCUT2D eigenvalue weighted by Crippen LogP contribution is 2.28. The summed E-state index contributed by atoms with van der Waals surface area (Å²) in [7, 11) is 0.615. The molecule has 0 bridgehead atoms. The number of nitrogens with zero attached hydrogens (tertiary/aromatic N) is 3. The molecule has 0 radical (unpaired) electrons. The quantitative estimate of drug-likeness (QED) is 0.595. The first kappa shape index (κ1) is 24.4. The van der Waals surface area contributed by atoms with Crippen molar-refractivity contribution in [2.45, 2.75) is 72.7 Å². The van der Waals surface area contributed by atoms with Crippen LogP contribution in [0, 0.1) is 12.3 Å². The Morgan fingerprint density at radius 3 is 2.34 bits per heavy atom. The average Bonchev–Trinajstić information content (AvgIpc) is 2.90. The summed E-state index contributed by atoms with van der Waals surface area (Å²) in [6, 6.07) is 10.1. The topological polar surface area (TPSA) is 68.9 Å². The van der Waals surface area contributed by atoms with Crippen molar-refractivity contribution >= 4 is 22.1 Å². The maximum atomic E-state index is 12.9. The summed E-state index contributed by atoms with van der Waals surface area (Å²) < 4.78 is 18.8. The highest BCUT2D eigenvalue weighted by molar-refractivity contribution is 7.84. The molecule has 0 saturated heterocycles. The number of hydrogen-bond acceptors (Lipinski definition) is 3. The molecule has 1 aromatic carbocycles. The lowest BCUT2D eigenvalue weighted by Gasteiger charge is -2.22. The number of rotatable bonds is 5. The van der Waals surface area contributed by atoms with E-state index in [1.807, 2.05) is 44.4 Å². The second-order valence-corrected chi connectivity index (χ2v) is 12.8. The number of hydrogen-bond donors (Lipinski definition) is 1. The monoisotopic (exact) mass is 456 g/mol. The molecule has 0 spiro atoms. The van der Waals surface area contributed by atoms with E-state index in [1.165, 1.54) is 0 Å². The molecule has 1 unspecified atom stereocenters. The van der Waals surface area contributed by atoms with Gasteiger partial charge in [0.1, 0.15) is 0 Å². The third kappa shape index (κ3) is 5.04. The van der Waals surface area contributed by atoms with Gasteiger partial charge in [0.05, 0.1) is 26.9 Å². The van der Waals surface area contributed by atoms with Gasteiger partial charge in [0.25, 0.3) is 0 Å². The highest BCUT2D eigenvalue weighted by atomic mass is 32.2. The van der Waals surface area contributed by atoms with E-state index in [0.29, 0.717) is 12.2 Å². The molecule has 2 heterocycles. The molecule has 1 N–H and O–H groups in total. The first-order valence-electron chi connectivity index (χ1n) is 11.0. The van der Waals surface area contributed by atoms with Gasteiger partial charge in [-0.25, -0.2) is 18.7 Å². The van der Waals surface area contributed by atoms with E-state index in [4.69, 9.17) is 4.98 Å². The molecule has 2 atom stereocenters. The minimum atomic E-state index is -1.16. The molecule has 0 saturated carbocycles. The van der Waals surface area contributed by atoms with E-state index >= 15 is 0 Å². The molecule has 32 heavy (non-hydrogen) atoms. The normalized spacial score (nSPS) is 14.7. The molecule has 0 aliphatic heterocycles. The van der Waals surface area contributed by atoms with Gasteiger partial charge in [0, 0.05) is 25.2 Å². The molecule has 6 nitrogen and oxygen atoms in total. The van der Waals surface area contributed by atoms with Crippen LogP contribution in [0.1, 0.15) is 65.6 Å². The fourth-order valence-electron chi connectivity index (χ4n) is 3.64. The predicted octanol–water partition coefficient (Wildman–Crippen LogP) is 4.87. The van der Waals surface area contributed by atoms with Gasteiger partial charge < -0.3 is 0 Å². The number of benzene rings is 1. The second-order valence-electron chi connectivity index (χ2n) is 10.8. The van der Waals surface area contributed by atoms with Crippen LogP contribution in [0.15, 0.2) is 35.1 Å². The summed E-state index contributed by atoms with van der Waals surface area (Å²) in [4.78, 5) is 17.7. The molecular weight excluding hydrogens is 420 g/mol. The Morgan fingerprint density at radius 1 is 1.09 bits per heavy atom. The summed E-state index contributed by atoms with van der Waals surface area (Å²) in [6.07, 6.45) is 0. The highest BCUT2D eigenvalue weighted by Gasteiger charge is 2.23. The van der Waals surface area contributed by atoms with Gasteiger partial charge in [-0.2, -0.15) is 0 Å². The number of fused-ring (bicyclic) bond motifs is 1. The van der Waals surface area contributed by atoms with Gasteiger partial charge in [-0.15, -0.1) is 0 Å². The second kappa shape index (κ2) is 8.60. The van der Waals surface area contributed by atoms with Crippen LogP contribution in [0.2, 0.25) is 0 Å². The van der Waals surface area contributed by atoms with E-state index in [-0.39, 0.29) is 21.9 Å². The molecule has 0 aliphatic rings. The summed E-state index contributed by atoms with van der Waals surface area (Å²) in [6.45, 7) is 16.9. The van der Waals surface area contributed by atoms with E-state index in [9.17, 15) is 9.00 Å². The number of aromatic nitrogens is 3. The lowest BCUT2D eigenvalue weighted by molar-refractivity contribution is 0.342. The zero-order valence-corrected chi connectivity index (χ0v) is 21.6. The maximum absolute atomic E-state index is 12.9. The van der Waals surface area contributed by atoms with Gasteiger partial charge in [0.2, 0.25) is 0 Å². The first-order valence-corrected chi connectivity index (χ1v) is 12.2. The third-order valence-corrected chi connectivity index (χ3v) is 7.17. The maximum Gasteiger partial charge on any atom is 0.330 e. The van der Waals surface area contributed by atoms with Crippen LogP contribution in [-0.4, -0.2) is 23.1 Å². The van der Waals surface area contributed by atoms with Crippen molar-refractivity contribution in [3.05, 3.63) is 51.9 Å². The van der Waals surface area contributed by atoms with Crippen molar-refractivity contribution in [1.29, 1.82) is 0 Å². The lowest BCUT2D eigenvalue weighted by Crippen LogP contribution is -2.34. The molecule has 3 rings (SSSR count). The van der Waals surface area contributed by atoms with Crippen molar-refractivity contribution in [2.24, 2.45) is 12.5 Å². The van der Waals surface area contributed by atoms with Crippen molar-refractivity contribution < 1.29 is 4.21 Å². The van der Waals surface area contributed by atoms with E-state index in [1.54, 1.807) is 11.6 Å². The fourth-order valence-corrected chi connectivity index (χ4v) is 4.45. The van der Waals surface area contributed by atoms with Crippen LogP contribution in [0.4, 0.5) is 0 Å². The molecule has 0 amide bonds. The molecule has 2 aromatic heterocycles. The summed E-state index contributed by atoms with van der Waals surface area (Å²) >= 11 is 0. The first-order chi connectivity index (χ1) is 14.7. The zero-order valence-electron chi connectivity index (χ0n) is 20.7. The standard InChI is InChI=1S/C25H36N4O2S/c1-16-10-11-18(17(2)27-32(31)25(6,7)8)14-19(16)20-12-13-21-22(26-20)28(9)23(30)29(21)15-24(3,4)5/h10-14,17,27H,15H2,1-9H3/t17-,32?/m1/s1. The Bertz CT molecular complexity index is 1230. The lowest BCUT2D eigenvalue weighted by atomic mass is 9.97. The van der Waals surface area contributed by atoms with Crippen LogP contribution in [0.3, 0.4) is 0 Å². The smallest absolute Gasteiger partial charge is 0.290 e. The largest absolute Gasteiger partial charge is 0.330 e. The summed E-state index contributed by atoms with van der Waals surface area (Å²) in [5.74, 6) is 0. The van der Waals surface area contributed by atoms with Gasteiger partial charge in [-0.1, -0.05) is 32.9 Å². The number of aryl methyl sites for hydroxylation is 2. The predicted molar refractivity (Wildman–Crippen MR) is 134 cm³/mol. The number of pyridine rings is 1. The molecule has 3 aromatic rings. The Hall–Kier alpha value is -2.25. The minimum Gasteiger partial charge on any atom is -0.290 e. The summed E-state index contributed by atoms with van der Waals surface area (Å²) in [5.41, 5.74) is 5.45.